The summed E-state index contributed by atoms with van der Waals surface area (Å²) < 4.78 is 1.13. The van der Waals surface area contributed by atoms with E-state index in [1.54, 1.807) is 0 Å². The number of benzene rings is 1. The number of hydrogen-bond donors (Lipinski definition) is 1. The molecule has 18 heavy (non-hydrogen) atoms. The maximum Gasteiger partial charge on any atom is 0.0588 e. The Balaban J connectivity index is 2.42. The van der Waals surface area contributed by atoms with E-state index in [1.807, 2.05) is 11.3 Å². The van der Waals surface area contributed by atoms with Crippen LogP contribution in [0.2, 0.25) is 0 Å². The van der Waals surface area contributed by atoms with Crippen molar-refractivity contribution in [1.82, 2.24) is 5.32 Å². The third-order valence-corrected chi connectivity index (χ3v) is 4.46. The summed E-state index contributed by atoms with van der Waals surface area (Å²) in [4.78, 5) is 2.78. The van der Waals surface area contributed by atoms with Gasteiger partial charge in [-0.15, -0.1) is 11.3 Å². The van der Waals surface area contributed by atoms with Gasteiger partial charge in [0.2, 0.25) is 0 Å². The van der Waals surface area contributed by atoms with E-state index in [9.17, 15) is 0 Å². The average molecular weight is 324 g/mol. The molecule has 0 radical (unpaired) electrons. The Labute approximate surface area is 121 Å². The van der Waals surface area contributed by atoms with Crippen LogP contribution in [0.5, 0.6) is 0 Å². The molecule has 1 aromatic heterocycles. The Morgan fingerprint density at radius 2 is 2.06 bits per heavy atom. The van der Waals surface area contributed by atoms with Crippen LogP contribution in [0.3, 0.4) is 0 Å². The van der Waals surface area contributed by atoms with E-state index in [0.29, 0.717) is 0 Å². The SMILES string of the molecule is CCNC(c1cccc(Br)c1)c1cc(C)sc1C. The van der Waals surface area contributed by atoms with E-state index in [1.165, 1.54) is 20.9 Å². The number of halogens is 1. The number of nitrogens with one attached hydrogen (secondary N) is 1. The molecule has 1 atom stereocenters. The Morgan fingerprint density at radius 3 is 2.61 bits per heavy atom. The summed E-state index contributed by atoms with van der Waals surface area (Å²) in [5.41, 5.74) is 2.71. The number of thiophene rings is 1. The predicted octanol–water partition coefficient (Wildman–Crippen LogP) is 4.83. The van der Waals surface area contributed by atoms with Gasteiger partial charge in [-0.25, -0.2) is 0 Å². The van der Waals surface area contributed by atoms with E-state index in [2.05, 4.69) is 72.3 Å². The van der Waals surface area contributed by atoms with Gasteiger partial charge in [-0.05, 0) is 49.7 Å². The van der Waals surface area contributed by atoms with Crippen molar-refractivity contribution in [3.8, 4) is 0 Å². The lowest BCUT2D eigenvalue weighted by Crippen LogP contribution is -2.22. The Hall–Kier alpha value is -0.640. The Kier molecular flexibility index (Phi) is 4.60. The van der Waals surface area contributed by atoms with Crippen LogP contribution in [-0.4, -0.2) is 6.54 Å². The molecule has 0 aliphatic rings. The summed E-state index contributed by atoms with van der Waals surface area (Å²) in [5, 5.41) is 3.58. The third kappa shape index (κ3) is 3.02. The van der Waals surface area contributed by atoms with E-state index in [4.69, 9.17) is 0 Å². The molecule has 0 fully saturated rings. The highest BCUT2D eigenvalue weighted by atomic mass is 79.9. The van der Waals surface area contributed by atoms with Gasteiger partial charge in [-0.1, -0.05) is 35.0 Å². The van der Waals surface area contributed by atoms with Gasteiger partial charge in [0.15, 0.2) is 0 Å². The molecule has 0 saturated heterocycles. The topological polar surface area (TPSA) is 12.0 Å². The third-order valence-electron chi connectivity index (χ3n) is 2.98. The molecule has 3 heteroatoms. The molecule has 1 nitrogen and oxygen atoms in total. The van der Waals surface area contributed by atoms with Crippen LogP contribution in [0, 0.1) is 13.8 Å². The summed E-state index contributed by atoms with van der Waals surface area (Å²) in [6.07, 6.45) is 0. The van der Waals surface area contributed by atoms with Gasteiger partial charge in [-0.2, -0.15) is 0 Å². The molecule has 1 unspecified atom stereocenters. The average Bonchev–Trinajstić information content (AvgIpc) is 2.65. The summed E-state index contributed by atoms with van der Waals surface area (Å²) in [5.74, 6) is 0. The van der Waals surface area contributed by atoms with E-state index >= 15 is 0 Å². The van der Waals surface area contributed by atoms with Gasteiger partial charge in [0.05, 0.1) is 6.04 Å². The first-order valence-electron chi connectivity index (χ1n) is 6.17. The second-order valence-corrected chi connectivity index (χ2v) is 6.79. The number of hydrogen-bond acceptors (Lipinski definition) is 2. The largest absolute Gasteiger partial charge is 0.306 e. The Morgan fingerprint density at radius 1 is 1.28 bits per heavy atom. The minimum atomic E-state index is 0.289. The molecule has 1 N–H and O–H groups in total. The highest BCUT2D eigenvalue weighted by Gasteiger charge is 2.17. The van der Waals surface area contributed by atoms with Crippen LogP contribution in [0.4, 0.5) is 0 Å². The lowest BCUT2D eigenvalue weighted by atomic mass is 9.99. The van der Waals surface area contributed by atoms with Crippen LogP contribution in [-0.2, 0) is 0 Å². The lowest BCUT2D eigenvalue weighted by Gasteiger charge is -2.19. The van der Waals surface area contributed by atoms with E-state index in [0.717, 1.165) is 11.0 Å². The highest BCUT2D eigenvalue weighted by Crippen LogP contribution is 2.31. The zero-order valence-electron chi connectivity index (χ0n) is 11.0. The normalized spacial score (nSPS) is 12.7. The molecule has 1 aromatic carbocycles. The van der Waals surface area contributed by atoms with Crippen molar-refractivity contribution in [1.29, 1.82) is 0 Å². The molecular formula is C15H18BrNS. The van der Waals surface area contributed by atoms with Crippen molar-refractivity contribution in [3.63, 3.8) is 0 Å². The van der Waals surface area contributed by atoms with Crippen LogP contribution >= 0.6 is 27.3 Å². The first-order valence-corrected chi connectivity index (χ1v) is 7.78. The Bertz CT molecular complexity index is 533. The summed E-state index contributed by atoms with van der Waals surface area (Å²) in [7, 11) is 0. The molecule has 0 saturated carbocycles. The zero-order valence-corrected chi connectivity index (χ0v) is 13.4. The maximum absolute atomic E-state index is 3.58. The van der Waals surface area contributed by atoms with Crippen molar-refractivity contribution < 1.29 is 0 Å². The lowest BCUT2D eigenvalue weighted by molar-refractivity contribution is 0.629. The van der Waals surface area contributed by atoms with Gasteiger partial charge < -0.3 is 5.32 Å². The van der Waals surface area contributed by atoms with E-state index in [-0.39, 0.29) is 6.04 Å². The maximum atomic E-state index is 3.58. The first-order chi connectivity index (χ1) is 8.61. The monoisotopic (exact) mass is 323 g/mol. The molecule has 2 rings (SSSR count). The second-order valence-electron chi connectivity index (χ2n) is 4.41. The minimum absolute atomic E-state index is 0.289. The van der Waals surface area contributed by atoms with Gasteiger partial charge in [0.1, 0.15) is 0 Å². The standard InChI is InChI=1S/C15H18BrNS/c1-4-17-15(12-6-5-7-13(16)9-12)14-8-10(2)18-11(14)3/h5-9,15,17H,4H2,1-3H3. The van der Waals surface area contributed by atoms with Crippen molar-refractivity contribution in [2.45, 2.75) is 26.8 Å². The van der Waals surface area contributed by atoms with Crippen LogP contribution in [0.25, 0.3) is 0 Å². The van der Waals surface area contributed by atoms with Crippen molar-refractivity contribution in [3.05, 3.63) is 55.7 Å². The molecule has 0 spiro atoms. The first kappa shape index (κ1) is 13.8. The van der Waals surface area contributed by atoms with Gasteiger partial charge in [0, 0.05) is 14.2 Å². The molecule has 2 aromatic rings. The quantitative estimate of drug-likeness (QED) is 0.850. The van der Waals surface area contributed by atoms with Crippen molar-refractivity contribution in [2.24, 2.45) is 0 Å². The second kappa shape index (κ2) is 6.00. The summed E-state index contributed by atoms with van der Waals surface area (Å²) in [6.45, 7) is 7.49. The molecule has 0 aliphatic carbocycles. The minimum Gasteiger partial charge on any atom is -0.306 e. The number of aryl methyl sites for hydroxylation is 2. The summed E-state index contributed by atoms with van der Waals surface area (Å²) in [6, 6.07) is 11.1. The van der Waals surface area contributed by atoms with Gasteiger partial charge in [0.25, 0.3) is 0 Å². The van der Waals surface area contributed by atoms with Crippen LogP contribution < -0.4 is 5.32 Å². The molecule has 0 bridgehead atoms. The van der Waals surface area contributed by atoms with E-state index < -0.39 is 0 Å². The van der Waals surface area contributed by atoms with Gasteiger partial charge >= 0.3 is 0 Å². The fraction of sp³-hybridized carbons (Fsp3) is 0.333. The predicted molar refractivity (Wildman–Crippen MR) is 83.5 cm³/mol. The fourth-order valence-corrected chi connectivity index (χ4v) is 3.62. The number of rotatable bonds is 4. The molecular weight excluding hydrogens is 306 g/mol. The zero-order chi connectivity index (χ0) is 13.1. The van der Waals surface area contributed by atoms with Gasteiger partial charge in [-0.3, -0.25) is 0 Å². The smallest absolute Gasteiger partial charge is 0.0588 e. The molecule has 1 heterocycles. The van der Waals surface area contributed by atoms with Crippen LogP contribution in [0.15, 0.2) is 34.8 Å². The molecule has 0 amide bonds. The molecule has 0 aliphatic heterocycles. The van der Waals surface area contributed by atoms with Crippen molar-refractivity contribution in [2.75, 3.05) is 6.54 Å². The van der Waals surface area contributed by atoms with Crippen molar-refractivity contribution >= 4 is 27.3 Å². The van der Waals surface area contributed by atoms with Crippen LogP contribution in [0.1, 0.15) is 33.8 Å². The fourth-order valence-electron chi connectivity index (χ4n) is 2.23. The highest BCUT2D eigenvalue weighted by molar-refractivity contribution is 9.10. The molecule has 96 valence electrons. The summed E-state index contributed by atoms with van der Waals surface area (Å²) >= 11 is 5.42.